The molecular weight excluding hydrogens is 543 g/mol. The summed E-state index contributed by atoms with van der Waals surface area (Å²) in [5, 5.41) is 0. The van der Waals surface area contributed by atoms with Crippen LogP contribution in [0.15, 0.2) is 91.0 Å². The van der Waals surface area contributed by atoms with Gasteiger partial charge in [0.1, 0.15) is 18.8 Å². The van der Waals surface area contributed by atoms with Crippen LogP contribution >= 0.6 is 22.6 Å². The molecule has 3 aromatic carbocycles. The Balaban J connectivity index is 1.52. The SMILES string of the molecule is COC1(COCc2ccccc2)O[C@H](CI)[C@@H](OCc2ccccc2)[C@@H]1OCc1ccccc1. The van der Waals surface area contributed by atoms with Crippen molar-refractivity contribution < 1.29 is 23.7 Å². The van der Waals surface area contributed by atoms with Gasteiger partial charge in [0, 0.05) is 11.5 Å². The van der Waals surface area contributed by atoms with Crippen LogP contribution in [0.1, 0.15) is 16.7 Å². The molecule has 0 aromatic heterocycles. The summed E-state index contributed by atoms with van der Waals surface area (Å²) in [6, 6.07) is 30.3. The fourth-order valence-electron chi connectivity index (χ4n) is 4.12. The number of hydrogen-bond acceptors (Lipinski definition) is 5. The maximum atomic E-state index is 6.48. The predicted molar refractivity (Wildman–Crippen MR) is 140 cm³/mol. The molecule has 0 bridgehead atoms. The van der Waals surface area contributed by atoms with Crippen LogP contribution in [0.25, 0.3) is 0 Å². The average molecular weight is 574 g/mol. The van der Waals surface area contributed by atoms with Gasteiger partial charge in [-0.05, 0) is 16.7 Å². The van der Waals surface area contributed by atoms with Crippen molar-refractivity contribution in [3.63, 3.8) is 0 Å². The summed E-state index contributed by atoms with van der Waals surface area (Å²) in [7, 11) is 1.65. The lowest BCUT2D eigenvalue weighted by Gasteiger charge is -2.33. The van der Waals surface area contributed by atoms with E-state index in [1.807, 2.05) is 78.9 Å². The summed E-state index contributed by atoms with van der Waals surface area (Å²) >= 11 is 2.33. The van der Waals surface area contributed by atoms with E-state index in [2.05, 4.69) is 34.7 Å². The van der Waals surface area contributed by atoms with Gasteiger partial charge in [-0.1, -0.05) is 114 Å². The summed E-state index contributed by atoms with van der Waals surface area (Å²) in [4.78, 5) is 0. The molecule has 0 amide bonds. The van der Waals surface area contributed by atoms with Crippen LogP contribution in [-0.4, -0.2) is 42.2 Å². The van der Waals surface area contributed by atoms with Gasteiger partial charge in [-0.3, -0.25) is 0 Å². The molecule has 5 nitrogen and oxygen atoms in total. The summed E-state index contributed by atoms with van der Waals surface area (Å²) in [6.45, 7) is 1.59. The molecule has 0 radical (unpaired) electrons. The van der Waals surface area contributed by atoms with Crippen molar-refractivity contribution in [2.75, 3.05) is 18.1 Å². The van der Waals surface area contributed by atoms with E-state index in [1.54, 1.807) is 7.11 Å². The summed E-state index contributed by atoms with van der Waals surface area (Å²) in [6.07, 6.45) is -0.955. The summed E-state index contributed by atoms with van der Waals surface area (Å²) in [5.74, 6) is -1.07. The molecule has 1 saturated heterocycles. The Morgan fingerprint density at radius 3 is 1.74 bits per heavy atom. The number of hydrogen-bond donors (Lipinski definition) is 0. The second-order valence-corrected chi connectivity index (χ2v) is 9.16. The Kier molecular flexibility index (Phi) is 9.49. The van der Waals surface area contributed by atoms with Crippen molar-refractivity contribution in [1.82, 2.24) is 0 Å². The highest BCUT2D eigenvalue weighted by Crippen LogP contribution is 2.38. The van der Waals surface area contributed by atoms with Crippen molar-refractivity contribution in [2.24, 2.45) is 0 Å². The third-order valence-electron chi connectivity index (χ3n) is 5.92. The van der Waals surface area contributed by atoms with Crippen molar-refractivity contribution in [3.05, 3.63) is 108 Å². The molecule has 1 unspecified atom stereocenters. The van der Waals surface area contributed by atoms with Crippen LogP contribution in [0, 0.1) is 0 Å². The number of alkyl halides is 1. The molecule has 4 atom stereocenters. The van der Waals surface area contributed by atoms with Gasteiger partial charge in [-0.25, -0.2) is 0 Å². The van der Waals surface area contributed by atoms with Gasteiger partial charge in [0.25, 0.3) is 0 Å². The van der Waals surface area contributed by atoms with E-state index in [4.69, 9.17) is 23.7 Å². The fourth-order valence-corrected chi connectivity index (χ4v) is 4.80. The highest BCUT2D eigenvalue weighted by molar-refractivity contribution is 14.1. The largest absolute Gasteiger partial charge is 0.371 e. The monoisotopic (exact) mass is 574 g/mol. The summed E-state index contributed by atoms with van der Waals surface area (Å²) < 4.78 is 32.2. The highest BCUT2D eigenvalue weighted by atomic mass is 127. The van der Waals surface area contributed by atoms with Crippen LogP contribution in [0.5, 0.6) is 0 Å². The molecule has 1 aliphatic heterocycles. The topological polar surface area (TPSA) is 46.2 Å². The van der Waals surface area contributed by atoms with Crippen molar-refractivity contribution in [2.45, 2.75) is 43.9 Å². The van der Waals surface area contributed by atoms with Gasteiger partial charge in [0.2, 0.25) is 5.79 Å². The number of benzene rings is 3. The van der Waals surface area contributed by atoms with E-state index in [0.29, 0.717) is 19.8 Å². The van der Waals surface area contributed by atoms with Gasteiger partial charge in [0.05, 0.1) is 25.9 Å². The van der Waals surface area contributed by atoms with Crippen LogP contribution in [-0.2, 0) is 43.5 Å². The highest BCUT2D eigenvalue weighted by Gasteiger charge is 2.57. The van der Waals surface area contributed by atoms with Gasteiger partial charge >= 0.3 is 0 Å². The minimum Gasteiger partial charge on any atom is -0.371 e. The van der Waals surface area contributed by atoms with Crippen molar-refractivity contribution in [1.29, 1.82) is 0 Å². The van der Waals surface area contributed by atoms with Gasteiger partial charge in [-0.2, -0.15) is 0 Å². The number of halogens is 1. The third-order valence-corrected chi connectivity index (χ3v) is 6.79. The molecule has 34 heavy (non-hydrogen) atoms. The van der Waals surface area contributed by atoms with Crippen LogP contribution in [0.2, 0.25) is 0 Å². The summed E-state index contributed by atoms with van der Waals surface area (Å²) in [5.41, 5.74) is 3.28. The van der Waals surface area contributed by atoms with E-state index >= 15 is 0 Å². The number of rotatable bonds is 12. The minimum atomic E-state index is -1.07. The van der Waals surface area contributed by atoms with Gasteiger partial charge < -0.3 is 23.7 Å². The molecule has 3 aromatic rings. The maximum Gasteiger partial charge on any atom is 0.221 e. The van der Waals surface area contributed by atoms with Crippen LogP contribution < -0.4 is 0 Å². The zero-order valence-electron chi connectivity index (χ0n) is 19.3. The van der Waals surface area contributed by atoms with E-state index in [9.17, 15) is 0 Å². The molecule has 0 N–H and O–H groups in total. The van der Waals surface area contributed by atoms with Crippen molar-refractivity contribution in [3.8, 4) is 0 Å². The Morgan fingerprint density at radius 1 is 0.735 bits per heavy atom. The van der Waals surface area contributed by atoms with Gasteiger partial charge in [-0.15, -0.1) is 0 Å². The lowest BCUT2D eigenvalue weighted by Crippen LogP contribution is -2.50. The third kappa shape index (κ3) is 6.44. The standard InChI is InChI=1S/C28H31IO5/c1-30-28(21-31-18-22-11-5-2-6-12-22)27(33-20-24-15-9-4-10-16-24)26(25(17-29)34-28)32-19-23-13-7-3-8-14-23/h2-16,25-27H,17-21H2,1H3/t25-,26-,27+,28?/m1/s1. The molecular formula is C28H31IO5. The van der Waals surface area contributed by atoms with E-state index in [-0.39, 0.29) is 18.8 Å². The lowest BCUT2D eigenvalue weighted by atomic mass is 10.0. The second-order valence-electron chi connectivity index (χ2n) is 8.28. The zero-order valence-corrected chi connectivity index (χ0v) is 21.5. The first kappa shape index (κ1) is 25.3. The van der Waals surface area contributed by atoms with E-state index in [1.165, 1.54) is 0 Å². The molecule has 180 valence electrons. The average Bonchev–Trinajstić information content (AvgIpc) is 3.20. The Morgan fingerprint density at radius 2 is 1.24 bits per heavy atom. The molecule has 1 fully saturated rings. The quantitative estimate of drug-likeness (QED) is 0.210. The Bertz CT molecular complexity index is 972. The maximum absolute atomic E-state index is 6.48. The molecule has 1 aliphatic rings. The Labute approximate surface area is 215 Å². The molecule has 1 heterocycles. The zero-order chi connectivity index (χ0) is 23.6. The van der Waals surface area contributed by atoms with E-state index < -0.39 is 11.9 Å². The Hall–Kier alpha value is -1.81. The molecule has 0 saturated carbocycles. The normalized spacial score (nSPS) is 24.4. The first-order valence-corrected chi connectivity index (χ1v) is 13.0. The van der Waals surface area contributed by atoms with E-state index in [0.717, 1.165) is 21.1 Å². The van der Waals surface area contributed by atoms with Crippen LogP contribution in [0.4, 0.5) is 0 Å². The molecule has 4 rings (SSSR count). The second kappa shape index (κ2) is 12.8. The predicted octanol–water partition coefficient (Wildman–Crippen LogP) is 5.55. The number of methoxy groups -OCH3 is 1. The smallest absolute Gasteiger partial charge is 0.221 e. The molecule has 0 spiro atoms. The first-order chi connectivity index (χ1) is 16.7. The minimum absolute atomic E-state index is 0.189. The molecule has 0 aliphatic carbocycles. The van der Waals surface area contributed by atoms with Gasteiger partial charge in [0.15, 0.2) is 0 Å². The van der Waals surface area contributed by atoms with Crippen LogP contribution in [0.3, 0.4) is 0 Å². The van der Waals surface area contributed by atoms with Crippen molar-refractivity contribution >= 4 is 22.6 Å². The number of ether oxygens (including phenoxy) is 5. The lowest BCUT2D eigenvalue weighted by molar-refractivity contribution is -0.277. The first-order valence-electron chi connectivity index (χ1n) is 11.5. The fraction of sp³-hybridized carbons (Fsp3) is 0.357. The molecule has 6 heteroatoms.